The van der Waals surface area contributed by atoms with Crippen molar-refractivity contribution in [2.75, 3.05) is 7.11 Å². The largest absolute Gasteiger partial charge is 0.479 e. The van der Waals surface area contributed by atoms with Crippen LogP contribution in [-0.4, -0.2) is 24.3 Å². The Kier molecular flexibility index (Phi) is 3.52. The number of methoxy groups -OCH3 is 1. The van der Waals surface area contributed by atoms with Crippen molar-refractivity contribution in [1.82, 2.24) is 0 Å². The SMILES string of the molecule is COC(CC(C)(C)C)C(=O)O. The average Bonchev–Trinajstić information content (AvgIpc) is 1.80. The van der Waals surface area contributed by atoms with Crippen LogP contribution >= 0.6 is 0 Å². The van der Waals surface area contributed by atoms with Crippen molar-refractivity contribution in [3.63, 3.8) is 0 Å². The number of ether oxygens (including phenoxy) is 1. The number of hydrogen-bond donors (Lipinski definition) is 1. The van der Waals surface area contributed by atoms with Gasteiger partial charge in [-0.3, -0.25) is 0 Å². The van der Waals surface area contributed by atoms with E-state index in [0.717, 1.165) is 0 Å². The van der Waals surface area contributed by atoms with Gasteiger partial charge in [0, 0.05) is 7.11 Å². The van der Waals surface area contributed by atoms with E-state index in [1.807, 2.05) is 20.8 Å². The van der Waals surface area contributed by atoms with E-state index in [0.29, 0.717) is 6.42 Å². The van der Waals surface area contributed by atoms with E-state index in [1.165, 1.54) is 7.11 Å². The highest BCUT2D eigenvalue weighted by molar-refractivity contribution is 5.72. The fraction of sp³-hybridized carbons (Fsp3) is 0.875. The van der Waals surface area contributed by atoms with Gasteiger partial charge in [0.1, 0.15) is 0 Å². The first-order valence-corrected chi connectivity index (χ1v) is 3.62. The Morgan fingerprint density at radius 2 is 2.00 bits per heavy atom. The molecule has 66 valence electrons. The summed E-state index contributed by atoms with van der Waals surface area (Å²) in [6.07, 6.45) is -0.131. The number of carboxylic acid groups (broad SMARTS) is 1. The van der Waals surface area contributed by atoms with Gasteiger partial charge in [-0.05, 0) is 11.8 Å². The van der Waals surface area contributed by atoms with E-state index in [4.69, 9.17) is 9.84 Å². The van der Waals surface area contributed by atoms with Crippen molar-refractivity contribution in [3.8, 4) is 0 Å². The number of aliphatic carboxylic acids is 1. The van der Waals surface area contributed by atoms with Gasteiger partial charge < -0.3 is 9.84 Å². The Hall–Kier alpha value is -0.570. The minimum absolute atomic E-state index is 0.000926. The summed E-state index contributed by atoms with van der Waals surface area (Å²) in [5, 5.41) is 8.61. The Bertz CT molecular complexity index is 135. The van der Waals surface area contributed by atoms with Gasteiger partial charge in [-0.1, -0.05) is 20.8 Å². The van der Waals surface area contributed by atoms with Gasteiger partial charge >= 0.3 is 5.97 Å². The maximum Gasteiger partial charge on any atom is 0.332 e. The maximum absolute atomic E-state index is 10.5. The summed E-state index contributed by atoms with van der Waals surface area (Å²) in [6, 6.07) is 0. The Morgan fingerprint density at radius 3 is 2.09 bits per heavy atom. The zero-order valence-corrected chi connectivity index (χ0v) is 7.55. The second-order valence-electron chi connectivity index (χ2n) is 3.83. The molecule has 0 aromatic rings. The van der Waals surface area contributed by atoms with E-state index >= 15 is 0 Å². The number of hydrogen-bond acceptors (Lipinski definition) is 2. The third kappa shape index (κ3) is 4.79. The molecule has 0 spiro atoms. The van der Waals surface area contributed by atoms with Crippen LogP contribution in [0.1, 0.15) is 27.2 Å². The van der Waals surface area contributed by atoms with Crippen LogP contribution in [0, 0.1) is 5.41 Å². The first-order chi connectivity index (χ1) is 4.87. The second-order valence-corrected chi connectivity index (χ2v) is 3.83. The third-order valence-electron chi connectivity index (χ3n) is 1.36. The molecule has 3 nitrogen and oxygen atoms in total. The van der Waals surface area contributed by atoms with Crippen molar-refractivity contribution in [2.45, 2.75) is 33.3 Å². The van der Waals surface area contributed by atoms with Crippen molar-refractivity contribution < 1.29 is 14.6 Å². The van der Waals surface area contributed by atoms with E-state index in [-0.39, 0.29) is 5.41 Å². The summed E-state index contributed by atoms with van der Waals surface area (Å²) < 4.78 is 4.79. The van der Waals surface area contributed by atoms with Gasteiger partial charge in [0.2, 0.25) is 0 Å². The van der Waals surface area contributed by atoms with Crippen molar-refractivity contribution in [3.05, 3.63) is 0 Å². The van der Waals surface area contributed by atoms with Gasteiger partial charge in [-0.2, -0.15) is 0 Å². The van der Waals surface area contributed by atoms with Crippen molar-refractivity contribution >= 4 is 5.97 Å². The van der Waals surface area contributed by atoms with E-state index < -0.39 is 12.1 Å². The molecule has 0 radical (unpaired) electrons. The van der Waals surface area contributed by atoms with Crippen LogP contribution in [0.3, 0.4) is 0 Å². The summed E-state index contributed by atoms with van der Waals surface area (Å²) >= 11 is 0. The van der Waals surface area contributed by atoms with Gasteiger partial charge in [0.25, 0.3) is 0 Å². The third-order valence-corrected chi connectivity index (χ3v) is 1.36. The number of carbonyl (C=O) groups is 1. The molecule has 0 saturated heterocycles. The van der Waals surface area contributed by atoms with Crippen LogP contribution in [0.2, 0.25) is 0 Å². The average molecular weight is 160 g/mol. The lowest BCUT2D eigenvalue weighted by atomic mass is 9.89. The van der Waals surface area contributed by atoms with Gasteiger partial charge in [0.05, 0.1) is 0 Å². The standard InChI is InChI=1S/C8H16O3/c1-8(2,3)5-6(11-4)7(9)10/h6H,5H2,1-4H3,(H,9,10). The lowest BCUT2D eigenvalue weighted by Crippen LogP contribution is -2.27. The van der Waals surface area contributed by atoms with Crippen LogP contribution in [0.4, 0.5) is 0 Å². The molecule has 11 heavy (non-hydrogen) atoms. The summed E-state index contributed by atoms with van der Waals surface area (Å²) in [5.41, 5.74) is -0.000926. The predicted molar refractivity (Wildman–Crippen MR) is 42.5 cm³/mol. The summed E-state index contributed by atoms with van der Waals surface area (Å²) in [5.74, 6) is -0.887. The maximum atomic E-state index is 10.5. The monoisotopic (exact) mass is 160 g/mol. The number of carboxylic acids is 1. The fourth-order valence-electron chi connectivity index (χ4n) is 0.828. The molecule has 0 bridgehead atoms. The molecule has 1 N–H and O–H groups in total. The van der Waals surface area contributed by atoms with Crippen molar-refractivity contribution in [2.24, 2.45) is 5.41 Å². The highest BCUT2D eigenvalue weighted by Gasteiger charge is 2.23. The molecular formula is C8H16O3. The highest BCUT2D eigenvalue weighted by Crippen LogP contribution is 2.21. The molecule has 0 aromatic heterocycles. The predicted octanol–water partition coefficient (Wildman–Crippen LogP) is 1.52. The molecule has 0 aromatic carbocycles. The smallest absolute Gasteiger partial charge is 0.332 e. The summed E-state index contributed by atoms with van der Waals surface area (Å²) in [4.78, 5) is 10.5. The Balaban J connectivity index is 3.99. The van der Waals surface area contributed by atoms with Gasteiger partial charge in [0.15, 0.2) is 6.10 Å². The molecule has 0 heterocycles. The molecule has 0 saturated carbocycles. The van der Waals surface area contributed by atoms with Gasteiger partial charge in [-0.15, -0.1) is 0 Å². The quantitative estimate of drug-likeness (QED) is 0.681. The molecule has 1 atom stereocenters. The summed E-state index contributed by atoms with van der Waals surface area (Å²) in [7, 11) is 1.42. The molecule has 0 amide bonds. The fourth-order valence-corrected chi connectivity index (χ4v) is 0.828. The molecule has 3 heteroatoms. The Labute approximate surface area is 67.4 Å². The molecule has 1 unspecified atom stereocenters. The van der Waals surface area contributed by atoms with E-state index in [2.05, 4.69) is 0 Å². The first-order valence-electron chi connectivity index (χ1n) is 3.62. The van der Waals surface area contributed by atoms with E-state index in [9.17, 15) is 4.79 Å². The lowest BCUT2D eigenvalue weighted by Gasteiger charge is -2.21. The van der Waals surface area contributed by atoms with Crippen LogP contribution in [0.5, 0.6) is 0 Å². The molecule has 0 aliphatic rings. The minimum atomic E-state index is -0.887. The van der Waals surface area contributed by atoms with Crippen LogP contribution in [0.25, 0.3) is 0 Å². The van der Waals surface area contributed by atoms with Crippen molar-refractivity contribution in [1.29, 1.82) is 0 Å². The molecule has 0 aliphatic carbocycles. The topological polar surface area (TPSA) is 46.5 Å². The normalized spacial score (nSPS) is 14.5. The molecule has 0 aliphatic heterocycles. The minimum Gasteiger partial charge on any atom is -0.479 e. The number of rotatable bonds is 3. The van der Waals surface area contributed by atoms with E-state index in [1.54, 1.807) is 0 Å². The molecular weight excluding hydrogens is 144 g/mol. The lowest BCUT2D eigenvalue weighted by molar-refractivity contribution is -0.150. The summed E-state index contributed by atoms with van der Waals surface area (Å²) in [6.45, 7) is 5.96. The molecule has 0 fully saturated rings. The van der Waals surface area contributed by atoms with Crippen LogP contribution in [0.15, 0.2) is 0 Å². The first kappa shape index (κ1) is 10.4. The zero-order valence-electron chi connectivity index (χ0n) is 7.55. The zero-order chi connectivity index (χ0) is 9.07. The van der Waals surface area contributed by atoms with Crippen LogP contribution in [-0.2, 0) is 9.53 Å². The van der Waals surface area contributed by atoms with Gasteiger partial charge in [-0.25, -0.2) is 4.79 Å². The van der Waals surface area contributed by atoms with Crippen LogP contribution < -0.4 is 0 Å². The highest BCUT2D eigenvalue weighted by atomic mass is 16.5. The Morgan fingerprint density at radius 1 is 1.55 bits per heavy atom. The molecule has 0 rings (SSSR count). The second kappa shape index (κ2) is 3.72.